The van der Waals surface area contributed by atoms with E-state index in [1.54, 1.807) is 0 Å². The second-order valence-electron chi connectivity index (χ2n) is 3.67. The number of hydrogen-bond acceptors (Lipinski definition) is 3. The molecule has 0 radical (unpaired) electrons. The van der Waals surface area contributed by atoms with Crippen LogP contribution in [0.15, 0.2) is 24.4 Å². The normalized spacial score (nSPS) is 10.4. The molecule has 1 aromatic carbocycles. The van der Waals surface area contributed by atoms with Gasteiger partial charge in [0.25, 0.3) is 0 Å². The molecular formula is C12H18ClN3O. The molecule has 0 spiro atoms. The average molecular weight is 256 g/mol. The van der Waals surface area contributed by atoms with E-state index in [4.69, 9.17) is 4.74 Å². The molecule has 2 rings (SSSR count). The second kappa shape index (κ2) is 7.27. The molecule has 94 valence electrons. The van der Waals surface area contributed by atoms with E-state index >= 15 is 0 Å². The van der Waals surface area contributed by atoms with Crippen molar-refractivity contribution in [3.8, 4) is 0 Å². The number of nitrogens with zero attached hydrogens (tertiary/aromatic N) is 1. The lowest BCUT2D eigenvalue weighted by molar-refractivity contribution is 0.149. The molecule has 0 aliphatic rings. The summed E-state index contributed by atoms with van der Waals surface area (Å²) in [6.45, 7) is 5.30. The number of ether oxygens (including phenoxy) is 1. The van der Waals surface area contributed by atoms with E-state index < -0.39 is 0 Å². The number of aromatic nitrogens is 2. The summed E-state index contributed by atoms with van der Waals surface area (Å²) in [5.74, 6) is 0. The van der Waals surface area contributed by atoms with E-state index in [0.717, 1.165) is 37.2 Å². The van der Waals surface area contributed by atoms with Gasteiger partial charge in [-0.2, -0.15) is 5.10 Å². The number of benzene rings is 1. The Morgan fingerprint density at radius 1 is 1.41 bits per heavy atom. The van der Waals surface area contributed by atoms with E-state index in [-0.39, 0.29) is 12.4 Å². The number of H-pyrrole nitrogens is 1. The third-order valence-electron chi connectivity index (χ3n) is 2.46. The SMILES string of the molecule is CCOCCNCc1ccc2cn[nH]c2c1.Cl. The van der Waals surface area contributed by atoms with E-state index in [9.17, 15) is 0 Å². The van der Waals surface area contributed by atoms with Crippen LogP contribution in [-0.4, -0.2) is 30.0 Å². The quantitative estimate of drug-likeness (QED) is 0.778. The van der Waals surface area contributed by atoms with Crippen molar-refractivity contribution >= 4 is 23.3 Å². The monoisotopic (exact) mass is 255 g/mol. The number of rotatable bonds is 6. The Morgan fingerprint density at radius 2 is 2.29 bits per heavy atom. The van der Waals surface area contributed by atoms with Crippen LogP contribution in [0.25, 0.3) is 10.9 Å². The van der Waals surface area contributed by atoms with Gasteiger partial charge in [0.05, 0.1) is 18.3 Å². The standard InChI is InChI=1S/C12H17N3O.ClH/c1-2-16-6-5-13-8-10-3-4-11-9-14-15-12(11)7-10;/h3-4,7,9,13H,2,5-6,8H2,1H3,(H,14,15);1H. The molecule has 0 fully saturated rings. The van der Waals surface area contributed by atoms with Crippen LogP contribution in [0.3, 0.4) is 0 Å². The minimum atomic E-state index is 0. The fourth-order valence-electron chi connectivity index (χ4n) is 1.62. The Morgan fingerprint density at radius 3 is 3.12 bits per heavy atom. The molecule has 0 saturated heterocycles. The lowest BCUT2D eigenvalue weighted by Gasteiger charge is -2.05. The Balaban J connectivity index is 0.00000144. The van der Waals surface area contributed by atoms with Gasteiger partial charge in [-0.25, -0.2) is 0 Å². The molecule has 1 aromatic heterocycles. The molecule has 0 aliphatic heterocycles. The van der Waals surface area contributed by atoms with Crippen LogP contribution < -0.4 is 5.32 Å². The average Bonchev–Trinajstić information content (AvgIpc) is 2.76. The zero-order valence-electron chi connectivity index (χ0n) is 9.90. The molecule has 0 aliphatic carbocycles. The van der Waals surface area contributed by atoms with Crippen molar-refractivity contribution in [3.05, 3.63) is 30.0 Å². The highest BCUT2D eigenvalue weighted by Gasteiger charge is 1.97. The first-order valence-electron chi connectivity index (χ1n) is 5.60. The van der Waals surface area contributed by atoms with Crippen molar-refractivity contribution < 1.29 is 4.74 Å². The predicted octanol–water partition coefficient (Wildman–Crippen LogP) is 2.11. The summed E-state index contributed by atoms with van der Waals surface area (Å²) in [7, 11) is 0. The van der Waals surface area contributed by atoms with Gasteiger partial charge in [-0.1, -0.05) is 12.1 Å². The first-order valence-corrected chi connectivity index (χ1v) is 5.60. The largest absolute Gasteiger partial charge is 0.380 e. The Bertz CT molecular complexity index is 444. The van der Waals surface area contributed by atoms with Gasteiger partial charge in [-0.15, -0.1) is 12.4 Å². The molecule has 17 heavy (non-hydrogen) atoms. The maximum absolute atomic E-state index is 5.25. The molecule has 0 saturated carbocycles. The number of hydrogen-bond donors (Lipinski definition) is 2. The lowest BCUT2D eigenvalue weighted by Crippen LogP contribution is -2.19. The highest BCUT2D eigenvalue weighted by Crippen LogP contribution is 2.12. The first kappa shape index (κ1) is 14.0. The lowest BCUT2D eigenvalue weighted by atomic mass is 10.2. The Labute approximate surface area is 107 Å². The third-order valence-corrected chi connectivity index (χ3v) is 2.46. The van der Waals surface area contributed by atoms with Crippen LogP contribution >= 0.6 is 12.4 Å². The molecule has 2 N–H and O–H groups in total. The fourth-order valence-corrected chi connectivity index (χ4v) is 1.62. The van der Waals surface area contributed by atoms with Crippen LogP contribution in [0.5, 0.6) is 0 Å². The van der Waals surface area contributed by atoms with Crippen LogP contribution in [0.2, 0.25) is 0 Å². The third kappa shape index (κ3) is 4.00. The number of aromatic amines is 1. The Kier molecular flexibility index (Phi) is 5.97. The van der Waals surface area contributed by atoms with Crippen molar-refractivity contribution in [2.75, 3.05) is 19.8 Å². The first-order chi connectivity index (χ1) is 7.90. The summed E-state index contributed by atoms with van der Waals surface area (Å²) in [6, 6.07) is 6.32. The highest BCUT2D eigenvalue weighted by atomic mass is 35.5. The molecular weight excluding hydrogens is 238 g/mol. The van der Waals surface area contributed by atoms with Crippen LogP contribution in [-0.2, 0) is 11.3 Å². The topological polar surface area (TPSA) is 49.9 Å². The molecule has 0 unspecified atom stereocenters. The summed E-state index contributed by atoms with van der Waals surface area (Å²) in [4.78, 5) is 0. The van der Waals surface area contributed by atoms with Crippen LogP contribution in [0, 0.1) is 0 Å². The molecule has 2 aromatic rings. The van der Waals surface area contributed by atoms with Crippen LogP contribution in [0.4, 0.5) is 0 Å². The fraction of sp³-hybridized carbons (Fsp3) is 0.417. The van der Waals surface area contributed by atoms with Gasteiger partial charge in [-0.05, 0) is 18.6 Å². The molecule has 0 bridgehead atoms. The van der Waals surface area contributed by atoms with Gasteiger partial charge in [0.2, 0.25) is 0 Å². The maximum atomic E-state index is 5.25. The summed E-state index contributed by atoms with van der Waals surface area (Å²) in [6.07, 6.45) is 1.83. The van der Waals surface area contributed by atoms with Crippen LogP contribution in [0.1, 0.15) is 12.5 Å². The van der Waals surface area contributed by atoms with Crippen molar-refractivity contribution in [1.82, 2.24) is 15.5 Å². The van der Waals surface area contributed by atoms with Gasteiger partial charge >= 0.3 is 0 Å². The number of halogens is 1. The Hall–Kier alpha value is -1.10. The summed E-state index contributed by atoms with van der Waals surface area (Å²) in [5.41, 5.74) is 2.34. The van der Waals surface area contributed by atoms with Gasteiger partial charge in [0, 0.05) is 25.1 Å². The minimum Gasteiger partial charge on any atom is -0.380 e. The van der Waals surface area contributed by atoms with Crippen molar-refractivity contribution in [2.45, 2.75) is 13.5 Å². The zero-order chi connectivity index (χ0) is 11.2. The molecule has 0 atom stereocenters. The van der Waals surface area contributed by atoms with E-state index in [2.05, 4.69) is 33.7 Å². The summed E-state index contributed by atoms with van der Waals surface area (Å²) >= 11 is 0. The molecule has 4 nitrogen and oxygen atoms in total. The van der Waals surface area contributed by atoms with Gasteiger partial charge < -0.3 is 10.1 Å². The van der Waals surface area contributed by atoms with Gasteiger partial charge in [0.15, 0.2) is 0 Å². The molecule has 0 amide bonds. The highest BCUT2D eigenvalue weighted by molar-refractivity contribution is 5.85. The van der Waals surface area contributed by atoms with Crippen molar-refractivity contribution in [3.63, 3.8) is 0 Å². The number of fused-ring (bicyclic) bond motifs is 1. The van der Waals surface area contributed by atoms with E-state index in [0.29, 0.717) is 0 Å². The van der Waals surface area contributed by atoms with Crippen molar-refractivity contribution in [2.24, 2.45) is 0 Å². The molecule has 1 heterocycles. The second-order valence-corrected chi connectivity index (χ2v) is 3.67. The smallest absolute Gasteiger partial charge is 0.0653 e. The minimum absolute atomic E-state index is 0. The predicted molar refractivity (Wildman–Crippen MR) is 71.5 cm³/mol. The molecule has 5 heteroatoms. The number of nitrogens with one attached hydrogen (secondary N) is 2. The van der Waals surface area contributed by atoms with Gasteiger partial charge in [-0.3, -0.25) is 5.10 Å². The maximum Gasteiger partial charge on any atom is 0.0653 e. The zero-order valence-corrected chi connectivity index (χ0v) is 10.7. The van der Waals surface area contributed by atoms with Gasteiger partial charge in [0.1, 0.15) is 0 Å². The van der Waals surface area contributed by atoms with E-state index in [1.165, 1.54) is 5.56 Å². The summed E-state index contributed by atoms with van der Waals surface area (Å²) < 4.78 is 5.25. The summed E-state index contributed by atoms with van der Waals surface area (Å²) in [5, 5.41) is 11.5. The van der Waals surface area contributed by atoms with Crippen molar-refractivity contribution in [1.29, 1.82) is 0 Å². The van der Waals surface area contributed by atoms with E-state index in [1.807, 2.05) is 13.1 Å².